The largest absolute Gasteiger partial charge is 0.488 e. The van der Waals surface area contributed by atoms with Crippen LogP contribution in [0.3, 0.4) is 0 Å². The van der Waals surface area contributed by atoms with E-state index in [2.05, 4.69) is 11.9 Å². The van der Waals surface area contributed by atoms with E-state index in [1.807, 2.05) is 12.1 Å². The SMILES string of the molecule is CN(Cc1ccc(B(O)O)cc1)CC1CCCCC1. The van der Waals surface area contributed by atoms with Crippen LogP contribution in [0.4, 0.5) is 0 Å². The zero-order valence-corrected chi connectivity index (χ0v) is 11.8. The average Bonchev–Trinajstić information content (AvgIpc) is 2.40. The summed E-state index contributed by atoms with van der Waals surface area (Å²) in [5, 5.41) is 18.1. The minimum Gasteiger partial charge on any atom is -0.423 e. The Morgan fingerprint density at radius 2 is 1.74 bits per heavy atom. The summed E-state index contributed by atoms with van der Waals surface area (Å²) in [6.45, 7) is 2.10. The molecule has 0 radical (unpaired) electrons. The van der Waals surface area contributed by atoms with Crippen LogP contribution in [0.5, 0.6) is 0 Å². The van der Waals surface area contributed by atoms with Crippen molar-refractivity contribution in [2.24, 2.45) is 5.92 Å². The number of nitrogens with zero attached hydrogens (tertiary/aromatic N) is 1. The molecule has 0 aromatic heterocycles. The zero-order valence-electron chi connectivity index (χ0n) is 11.8. The van der Waals surface area contributed by atoms with Crippen LogP contribution in [-0.2, 0) is 6.54 Å². The Bertz CT molecular complexity index is 374. The lowest BCUT2D eigenvalue weighted by Crippen LogP contribution is -2.30. The molecule has 4 heteroatoms. The van der Waals surface area contributed by atoms with E-state index in [9.17, 15) is 0 Å². The van der Waals surface area contributed by atoms with E-state index < -0.39 is 7.12 Å². The summed E-state index contributed by atoms with van der Waals surface area (Å²) >= 11 is 0. The molecule has 0 heterocycles. The third kappa shape index (κ3) is 4.64. The molecule has 0 atom stereocenters. The van der Waals surface area contributed by atoms with Crippen molar-refractivity contribution in [1.82, 2.24) is 4.90 Å². The van der Waals surface area contributed by atoms with Crippen molar-refractivity contribution in [3.8, 4) is 0 Å². The lowest BCUT2D eigenvalue weighted by molar-refractivity contribution is 0.228. The van der Waals surface area contributed by atoms with E-state index in [1.54, 1.807) is 12.1 Å². The predicted molar refractivity (Wildman–Crippen MR) is 79.2 cm³/mol. The van der Waals surface area contributed by atoms with Gasteiger partial charge in [-0.15, -0.1) is 0 Å². The molecule has 0 unspecified atom stereocenters. The maximum atomic E-state index is 9.06. The Kier molecular flexibility index (Phi) is 5.43. The number of rotatable bonds is 5. The van der Waals surface area contributed by atoms with Gasteiger partial charge in [0.05, 0.1) is 0 Å². The van der Waals surface area contributed by atoms with Crippen LogP contribution in [0.15, 0.2) is 24.3 Å². The van der Waals surface area contributed by atoms with Gasteiger partial charge in [-0.05, 0) is 36.8 Å². The van der Waals surface area contributed by atoms with Crippen LogP contribution in [0, 0.1) is 5.92 Å². The molecule has 1 aliphatic carbocycles. The minimum atomic E-state index is -1.37. The summed E-state index contributed by atoms with van der Waals surface area (Å²) in [5.74, 6) is 0.859. The number of benzene rings is 1. The van der Waals surface area contributed by atoms with E-state index in [1.165, 1.54) is 44.2 Å². The molecule has 104 valence electrons. The molecule has 1 fully saturated rings. The van der Waals surface area contributed by atoms with Crippen LogP contribution in [0.25, 0.3) is 0 Å². The van der Waals surface area contributed by atoms with Gasteiger partial charge >= 0.3 is 7.12 Å². The summed E-state index contributed by atoms with van der Waals surface area (Å²) in [4.78, 5) is 2.38. The van der Waals surface area contributed by atoms with Gasteiger partial charge in [0.2, 0.25) is 0 Å². The van der Waals surface area contributed by atoms with Gasteiger partial charge in [-0.25, -0.2) is 0 Å². The van der Waals surface area contributed by atoms with Gasteiger partial charge in [0.1, 0.15) is 0 Å². The molecule has 0 spiro atoms. The smallest absolute Gasteiger partial charge is 0.423 e. The first kappa shape index (κ1) is 14.6. The third-order valence-corrected chi connectivity index (χ3v) is 4.02. The van der Waals surface area contributed by atoms with Crippen molar-refractivity contribution < 1.29 is 10.0 Å². The normalized spacial score (nSPS) is 16.8. The Morgan fingerprint density at radius 3 is 2.32 bits per heavy atom. The fraction of sp³-hybridized carbons (Fsp3) is 0.600. The van der Waals surface area contributed by atoms with Crippen molar-refractivity contribution in [3.63, 3.8) is 0 Å². The van der Waals surface area contributed by atoms with Crippen molar-refractivity contribution in [2.45, 2.75) is 38.6 Å². The maximum absolute atomic E-state index is 9.06. The Labute approximate surface area is 116 Å². The first-order valence-electron chi connectivity index (χ1n) is 7.28. The molecule has 1 aromatic rings. The molecule has 0 bridgehead atoms. The second-order valence-electron chi connectivity index (χ2n) is 5.82. The molecule has 2 N–H and O–H groups in total. The molecule has 0 saturated heterocycles. The van der Waals surface area contributed by atoms with Gasteiger partial charge < -0.3 is 14.9 Å². The van der Waals surface area contributed by atoms with E-state index in [0.717, 1.165) is 12.5 Å². The quantitative estimate of drug-likeness (QED) is 0.787. The van der Waals surface area contributed by atoms with Crippen molar-refractivity contribution >= 4 is 12.6 Å². The molecule has 1 saturated carbocycles. The summed E-state index contributed by atoms with van der Waals surface area (Å²) in [6, 6.07) is 7.53. The summed E-state index contributed by atoms with van der Waals surface area (Å²) < 4.78 is 0. The fourth-order valence-electron chi connectivity index (χ4n) is 2.98. The fourth-order valence-corrected chi connectivity index (χ4v) is 2.98. The highest BCUT2D eigenvalue weighted by atomic mass is 16.4. The highest BCUT2D eigenvalue weighted by Crippen LogP contribution is 2.24. The minimum absolute atomic E-state index is 0.554. The number of hydrogen-bond acceptors (Lipinski definition) is 3. The molecule has 1 aliphatic rings. The molecule has 2 rings (SSSR count). The van der Waals surface area contributed by atoms with E-state index >= 15 is 0 Å². The lowest BCUT2D eigenvalue weighted by Gasteiger charge is -2.27. The summed E-state index contributed by atoms with van der Waals surface area (Å²) in [5.41, 5.74) is 1.78. The van der Waals surface area contributed by atoms with Crippen LogP contribution in [-0.4, -0.2) is 35.7 Å². The van der Waals surface area contributed by atoms with Crippen LogP contribution in [0.2, 0.25) is 0 Å². The highest BCUT2D eigenvalue weighted by molar-refractivity contribution is 6.58. The van der Waals surface area contributed by atoms with Crippen LogP contribution < -0.4 is 5.46 Å². The second kappa shape index (κ2) is 7.08. The summed E-state index contributed by atoms with van der Waals surface area (Å²) in [7, 11) is 0.803. The molecular formula is C15H24BNO2. The zero-order chi connectivity index (χ0) is 13.7. The molecule has 19 heavy (non-hydrogen) atoms. The van der Waals surface area contributed by atoms with Crippen LogP contribution in [0.1, 0.15) is 37.7 Å². The molecule has 0 amide bonds. The van der Waals surface area contributed by atoms with E-state index in [4.69, 9.17) is 10.0 Å². The van der Waals surface area contributed by atoms with E-state index in [0.29, 0.717) is 5.46 Å². The van der Waals surface area contributed by atoms with E-state index in [-0.39, 0.29) is 0 Å². The maximum Gasteiger partial charge on any atom is 0.488 e. The van der Waals surface area contributed by atoms with Gasteiger partial charge in [-0.3, -0.25) is 0 Å². The van der Waals surface area contributed by atoms with Gasteiger partial charge in [0.15, 0.2) is 0 Å². The van der Waals surface area contributed by atoms with Gasteiger partial charge in [-0.1, -0.05) is 43.5 Å². The van der Waals surface area contributed by atoms with Crippen molar-refractivity contribution in [1.29, 1.82) is 0 Å². The predicted octanol–water partition coefficient (Wildman–Crippen LogP) is 1.38. The Hall–Kier alpha value is -0.835. The van der Waals surface area contributed by atoms with Crippen LogP contribution >= 0.6 is 0 Å². The van der Waals surface area contributed by atoms with Gasteiger partial charge in [-0.2, -0.15) is 0 Å². The first-order chi connectivity index (χ1) is 9.15. The first-order valence-corrected chi connectivity index (χ1v) is 7.28. The standard InChI is InChI=1S/C15H24BNO2/c1-17(11-13-5-3-2-4-6-13)12-14-7-9-15(10-8-14)16(18)19/h7-10,13,18-19H,2-6,11-12H2,1H3. The van der Waals surface area contributed by atoms with Gasteiger partial charge in [0, 0.05) is 13.1 Å². The average molecular weight is 261 g/mol. The third-order valence-electron chi connectivity index (χ3n) is 4.02. The monoisotopic (exact) mass is 261 g/mol. The summed E-state index contributed by atoms with van der Waals surface area (Å²) in [6.07, 6.45) is 6.94. The Balaban J connectivity index is 1.82. The molecule has 0 aliphatic heterocycles. The van der Waals surface area contributed by atoms with Gasteiger partial charge in [0.25, 0.3) is 0 Å². The topological polar surface area (TPSA) is 43.7 Å². The van der Waals surface area contributed by atoms with Crippen molar-refractivity contribution in [3.05, 3.63) is 29.8 Å². The number of hydrogen-bond donors (Lipinski definition) is 2. The Morgan fingerprint density at radius 1 is 1.11 bits per heavy atom. The second-order valence-corrected chi connectivity index (χ2v) is 5.82. The molecular weight excluding hydrogens is 237 g/mol. The molecule has 1 aromatic carbocycles. The molecule has 3 nitrogen and oxygen atoms in total. The van der Waals surface area contributed by atoms with Crippen molar-refractivity contribution in [2.75, 3.05) is 13.6 Å². The lowest BCUT2D eigenvalue weighted by atomic mass is 9.80. The highest BCUT2D eigenvalue weighted by Gasteiger charge is 2.15.